The molecule has 2 aliphatic rings. The van der Waals surface area contributed by atoms with Gasteiger partial charge in [0.15, 0.2) is 0 Å². The van der Waals surface area contributed by atoms with Gasteiger partial charge in [0.25, 0.3) is 5.91 Å². The van der Waals surface area contributed by atoms with Gasteiger partial charge in [-0.15, -0.1) is 0 Å². The minimum absolute atomic E-state index is 0.0501. The largest absolute Gasteiger partial charge is 0.456 e. The van der Waals surface area contributed by atoms with E-state index in [1.165, 1.54) is 12.6 Å². The Bertz CT molecular complexity index is 811. The monoisotopic (exact) mass is 334 g/mol. The summed E-state index contributed by atoms with van der Waals surface area (Å²) in [5.41, 5.74) is 0.961. The summed E-state index contributed by atoms with van der Waals surface area (Å²) < 4.78 is 5.67. The standard InChI is InChI=1S/C19H18N4O2/c20-10-14-3-7-16(11-21-14)25-15-5-1-12(2-6-15)19(24)23-18-9-13-4-8-17(18)22-13/h1-3,5-7,11,13,17-18,22H,4,8-9H2,(H,23,24). The highest BCUT2D eigenvalue weighted by molar-refractivity contribution is 5.94. The Kier molecular flexibility index (Phi) is 4.08. The molecule has 6 nitrogen and oxygen atoms in total. The molecular weight excluding hydrogens is 316 g/mol. The lowest BCUT2D eigenvalue weighted by atomic mass is 9.95. The van der Waals surface area contributed by atoms with Crippen LogP contribution in [0.15, 0.2) is 42.6 Å². The van der Waals surface area contributed by atoms with Crippen LogP contribution in [0.4, 0.5) is 0 Å². The van der Waals surface area contributed by atoms with Gasteiger partial charge in [-0.2, -0.15) is 5.26 Å². The SMILES string of the molecule is N#Cc1ccc(Oc2ccc(C(=O)NC3CC4CCC3N4)cc2)cn1. The van der Waals surface area contributed by atoms with Gasteiger partial charge >= 0.3 is 0 Å². The number of aromatic nitrogens is 1. The second kappa shape index (κ2) is 6.54. The molecule has 3 atom stereocenters. The Labute approximate surface area is 145 Å². The lowest BCUT2D eigenvalue weighted by Crippen LogP contribution is -2.42. The van der Waals surface area contributed by atoms with E-state index in [1.807, 2.05) is 6.07 Å². The number of nitrogens with one attached hydrogen (secondary N) is 2. The van der Waals surface area contributed by atoms with Crippen molar-refractivity contribution in [2.45, 2.75) is 37.4 Å². The number of amides is 1. The highest BCUT2D eigenvalue weighted by Crippen LogP contribution is 2.28. The zero-order chi connectivity index (χ0) is 17.2. The van der Waals surface area contributed by atoms with Gasteiger partial charge in [0, 0.05) is 23.7 Å². The predicted molar refractivity (Wildman–Crippen MR) is 91.3 cm³/mol. The third-order valence-corrected chi connectivity index (χ3v) is 4.82. The van der Waals surface area contributed by atoms with Crippen LogP contribution in [0, 0.1) is 11.3 Å². The van der Waals surface area contributed by atoms with Crippen molar-refractivity contribution in [2.24, 2.45) is 0 Å². The normalized spacial score (nSPS) is 23.9. The molecular formula is C19H18N4O2. The molecule has 25 heavy (non-hydrogen) atoms. The van der Waals surface area contributed by atoms with Crippen molar-refractivity contribution in [1.82, 2.24) is 15.6 Å². The first kappa shape index (κ1) is 15.6. The molecule has 1 aromatic carbocycles. The van der Waals surface area contributed by atoms with Crippen LogP contribution >= 0.6 is 0 Å². The molecule has 6 heteroatoms. The maximum absolute atomic E-state index is 12.4. The van der Waals surface area contributed by atoms with Crippen molar-refractivity contribution >= 4 is 5.91 Å². The van der Waals surface area contributed by atoms with Crippen molar-refractivity contribution in [3.05, 3.63) is 53.9 Å². The molecule has 2 aliphatic heterocycles. The number of nitrogens with zero attached hydrogens (tertiary/aromatic N) is 2. The van der Waals surface area contributed by atoms with E-state index in [-0.39, 0.29) is 11.9 Å². The predicted octanol–water partition coefficient (Wildman–Crippen LogP) is 2.37. The highest BCUT2D eigenvalue weighted by atomic mass is 16.5. The lowest BCUT2D eigenvalue weighted by molar-refractivity contribution is 0.0931. The average molecular weight is 334 g/mol. The van der Waals surface area contributed by atoms with E-state index in [0.717, 1.165) is 12.8 Å². The van der Waals surface area contributed by atoms with E-state index in [0.29, 0.717) is 34.8 Å². The van der Waals surface area contributed by atoms with Crippen LogP contribution in [-0.2, 0) is 0 Å². The van der Waals surface area contributed by atoms with Gasteiger partial charge < -0.3 is 15.4 Å². The second-order valence-corrected chi connectivity index (χ2v) is 6.48. The van der Waals surface area contributed by atoms with Crippen LogP contribution in [0.2, 0.25) is 0 Å². The number of hydrogen-bond acceptors (Lipinski definition) is 5. The maximum atomic E-state index is 12.4. The molecule has 2 N–H and O–H groups in total. The van der Waals surface area contributed by atoms with Crippen LogP contribution < -0.4 is 15.4 Å². The first-order valence-electron chi connectivity index (χ1n) is 8.42. The summed E-state index contributed by atoms with van der Waals surface area (Å²) in [6.45, 7) is 0. The fourth-order valence-electron chi connectivity index (χ4n) is 3.55. The van der Waals surface area contributed by atoms with E-state index in [9.17, 15) is 4.79 Å². The molecule has 1 aromatic heterocycles. The summed E-state index contributed by atoms with van der Waals surface area (Å²) in [5, 5.41) is 15.4. The first-order valence-corrected chi connectivity index (χ1v) is 8.42. The number of nitriles is 1. The van der Waals surface area contributed by atoms with Gasteiger partial charge in [-0.3, -0.25) is 4.79 Å². The van der Waals surface area contributed by atoms with Gasteiger partial charge in [-0.1, -0.05) is 0 Å². The van der Waals surface area contributed by atoms with Gasteiger partial charge in [0.05, 0.1) is 6.20 Å². The topological polar surface area (TPSA) is 87.0 Å². The molecule has 1 amide bonds. The molecule has 0 aliphatic carbocycles. The Morgan fingerprint density at radius 3 is 2.60 bits per heavy atom. The maximum Gasteiger partial charge on any atom is 0.251 e. The van der Waals surface area contributed by atoms with E-state index < -0.39 is 0 Å². The van der Waals surface area contributed by atoms with Gasteiger partial charge in [0.1, 0.15) is 23.3 Å². The zero-order valence-corrected chi connectivity index (χ0v) is 13.6. The molecule has 2 bridgehead atoms. The zero-order valence-electron chi connectivity index (χ0n) is 13.6. The Hall–Kier alpha value is -2.91. The number of ether oxygens (including phenoxy) is 1. The third kappa shape index (κ3) is 3.32. The summed E-state index contributed by atoms with van der Waals surface area (Å²) in [4.78, 5) is 16.4. The third-order valence-electron chi connectivity index (χ3n) is 4.82. The van der Waals surface area contributed by atoms with Crippen LogP contribution in [0.5, 0.6) is 11.5 Å². The number of carbonyl (C=O) groups excluding carboxylic acids is 1. The average Bonchev–Trinajstić information content (AvgIpc) is 3.26. The molecule has 3 unspecified atom stereocenters. The van der Waals surface area contributed by atoms with Gasteiger partial charge in [-0.05, 0) is 55.7 Å². The molecule has 3 heterocycles. The molecule has 0 saturated carbocycles. The minimum Gasteiger partial charge on any atom is -0.456 e. The molecule has 0 spiro atoms. The quantitative estimate of drug-likeness (QED) is 0.896. The first-order chi connectivity index (χ1) is 12.2. The van der Waals surface area contributed by atoms with Crippen molar-refractivity contribution in [1.29, 1.82) is 5.26 Å². The summed E-state index contributed by atoms with van der Waals surface area (Å²) in [5.74, 6) is 1.11. The molecule has 0 radical (unpaired) electrons. The summed E-state index contributed by atoms with van der Waals surface area (Å²) in [6.07, 6.45) is 4.87. The second-order valence-electron chi connectivity index (χ2n) is 6.48. The number of carbonyl (C=O) groups is 1. The molecule has 126 valence electrons. The number of rotatable bonds is 4. The molecule has 2 aromatic rings. The number of hydrogen-bond donors (Lipinski definition) is 2. The Morgan fingerprint density at radius 1 is 1.20 bits per heavy atom. The fourth-order valence-corrected chi connectivity index (χ4v) is 3.55. The molecule has 2 fully saturated rings. The smallest absolute Gasteiger partial charge is 0.251 e. The molecule has 2 saturated heterocycles. The van der Waals surface area contributed by atoms with E-state index in [1.54, 1.807) is 36.4 Å². The van der Waals surface area contributed by atoms with E-state index in [2.05, 4.69) is 15.6 Å². The minimum atomic E-state index is -0.0501. The van der Waals surface area contributed by atoms with Crippen LogP contribution in [0.3, 0.4) is 0 Å². The van der Waals surface area contributed by atoms with Crippen molar-refractivity contribution in [3.8, 4) is 17.6 Å². The van der Waals surface area contributed by atoms with Crippen LogP contribution in [-0.4, -0.2) is 29.0 Å². The van der Waals surface area contributed by atoms with Gasteiger partial charge in [-0.25, -0.2) is 4.98 Å². The fraction of sp³-hybridized carbons (Fsp3) is 0.316. The Balaban J connectivity index is 1.37. The van der Waals surface area contributed by atoms with Crippen molar-refractivity contribution in [2.75, 3.05) is 0 Å². The van der Waals surface area contributed by atoms with E-state index >= 15 is 0 Å². The number of benzene rings is 1. The summed E-state index contributed by atoms with van der Waals surface area (Å²) in [7, 11) is 0. The lowest BCUT2D eigenvalue weighted by Gasteiger charge is -2.21. The summed E-state index contributed by atoms with van der Waals surface area (Å²) >= 11 is 0. The summed E-state index contributed by atoms with van der Waals surface area (Å²) in [6, 6.07) is 13.5. The van der Waals surface area contributed by atoms with Crippen LogP contribution in [0.1, 0.15) is 35.3 Å². The number of pyridine rings is 1. The van der Waals surface area contributed by atoms with Crippen molar-refractivity contribution in [3.63, 3.8) is 0 Å². The van der Waals surface area contributed by atoms with E-state index in [4.69, 9.17) is 10.00 Å². The Morgan fingerprint density at radius 2 is 2.00 bits per heavy atom. The van der Waals surface area contributed by atoms with Gasteiger partial charge in [0.2, 0.25) is 0 Å². The van der Waals surface area contributed by atoms with Crippen LogP contribution in [0.25, 0.3) is 0 Å². The van der Waals surface area contributed by atoms with Crippen molar-refractivity contribution < 1.29 is 9.53 Å². The number of fused-ring (bicyclic) bond motifs is 2. The highest BCUT2D eigenvalue weighted by Gasteiger charge is 2.39. The molecule has 4 rings (SSSR count).